The van der Waals surface area contributed by atoms with Crippen molar-refractivity contribution in [3.05, 3.63) is 83.4 Å². The molecule has 4 rings (SSSR count). The highest BCUT2D eigenvalue weighted by atomic mass is 32.1. The Labute approximate surface area is 180 Å². The van der Waals surface area contributed by atoms with Crippen LogP contribution in [0.5, 0.6) is 0 Å². The van der Waals surface area contributed by atoms with Crippen LogP contribution in [0.1, 0.15) is 16.1 Å². The Kier molecular flexibility index (Phi) is 5.18. The number of nitrogens with zero attached hydrogens (tertiary/aromatic N) is 1. The second kappa shape index (κ2) is 7.96. The van der Waals surface area contributed by atoms with Crippen LogP contribution in [0, 0.1) is 5.82 Å². The van der Waals surface area contributed by atoms with Gasteiger partial charge in [-0.3, -0.25) is 14.9 Å². The number of halogens is 1. The third kappa shape index (κ3) is 3.86. The molecule has 0 atom stereocenters. The molecular formula is C22H13FN2O5S. The van der Waals surface area contributed by atoms with Crippen LogP contribution in [0.25, 0.3) is 17.4 Å². The summed E-state index contributed by atoms with van der Waals surface area (Å²) in [6, 6.07) is 14.8. The number of benzene rings is 2. The molecule has 1 aliphatic heterocycles. The molecule has 2 aromatic carbocycles. The molecule has 0 unspecified atom stereocenters. The topological polar surface area (TPSA) is 99.9 Å². The van der Waals surface area contributed by atoms with Gasteiger partial charge in [-0.1, -0.05) is 24.3 Å². The van der Waals surface area contributed by atoms with Gasteiger partial charge in [-0.2, -0.15) is 0 Å². The molecule has 154 valence electrons. The highest BCUT2D eigenvalue weighted by Gasteiger charge is 2.35. The highest BCUT2D eigenvalue weighted by Crippen LogP contribution is 2.27. The van der Waals surface area contributed by atoms with Gasteiger partial charge in [0.05, 0.1) is 11.3 Å². The number of rotatable bonds is 4. The number of carbonyl (C=O) groups is 3. The second-order valence-electron chi connectivity index (χ2n) is 6.49. The molecule has 2 amide bonds. The minimum atomic E-state index is -1.05. The Morgan fingerprint density at radius 3 is 2.45 bits per heavy atom. The summed E-state index contributed by atoms with van der Waals surface area (Å²) in [5.41, 5.74) is 0.385. The smallest absolute Gasteiger partial charge is 0.335 e. The minimum absolute atomic E-state index is 0.0814. The normalized spacial score (nSPS) is 15.3. The first-order valence-electron chi connectivity index (χ1n) is 8.94. The van der Waals surface area contributed by atoms with E-state index in [1.165, 1.54) is 36.4 Å². The summed E-state index contributed by atoms with van der Waals surface area (Å²) in [5.74, 6) is -2.62. The zero-order valence-corrected chi connectivity index (χ0v) is 16.5. The van der Waals surface area contributed by atoms with Gasteiger partial charge in [0.25, 0.3) is 11.8 Å². The lowest BCUT2D eigenvalue weighted by molar-refractivity contribution is -0.122. The second-order valence-corrected chi connectivity index (χ2v) is 6.88. The van der Waals surface area contributed by atoms with Crippen LogP contribution in [0.3, 0.4) is 0 Å². The lowest BCUT2D eigenvalue weighted by atomic mass is 10.1. The lowest BCUT2D eigenvalue weighted by Gasteiger charge is -2.28. The summed E-state index contributed by atoms with van der Waals surface area (Å²) >= 11 is 5.05. The summed E-state index contributed by atoms with van der Waals surface area (Å²) in [6.45, 7) is 0. The van der Waals surface area contributed by atoms with E-state index < -0.39 is 23.6 Å². The summed E-state index contributed by atoms with van der Waals surface area (Å²) in [7, 11) is 0. The third-order valence-electron chi connectivity index (χ3n) is 4.52. The number of amides is 2. The molecule has 7 nitrogen and oxygen atoms in total. The van der Waals surface area contributed by atoms with Gasteiger partial charge in [-0.25, -0.2) is 14.1 Å². The van der Waals surface area contributed by atoms with Crippen molar-refractivity contribution in [2.75, 3.05) is 4.90 Å². The van der Waals surface area contributed by atoms with E-state index >= 15 is 0 Å². The average molecular weight is 436 g/mol. The number of carbonyl (C=O) groups excluding carboxylic acids is 2. The van der Waals surface area contributed by atoms with E-state index in [1.54, 1.807) is 30.3 Å². The maximum Gasteiger partial charge on any atom is 0.335 e. The molecule has 1 aromatic heterocycles. The number of thiocarbonyl (C=S) groups is 1. The highest BCUT2D eigenvalue weighted by molar-refractivity contribution is 7.80. The molecule has 0 spiro atoms. The van der Waals surface area contributed by atoms with Crippen molar-refractivity contribution in [3.63, 3.8) is 0 Å². The predicted octanol–water partition coefficient (Wildman–Crippen LogP) is 3.62. The Morgan fingerprint density at radius 2 is 1.77 bits per heavy atom. The van der Waals surface area contributed by atoms with Crippen LogP contribution in [-0.2, 0) is 9.59 Å². The number of furan rings is 1. The van der Waals surface area contributed by atoms with Gasteiger partial charge in [0.15, 0.2) is 5.11 Å². The number of carboxylic acid groups (broad SMARTS) is 1. The van der Waals surface area contributed by atoms with Crippen LogP contribution < -0.4 is 10.2 Å². The van der Waals surface area contributed by atoms with E-state index in [2.05, 4.69) is 5.32 Å². The van der Waals surface area contributed by atoms with Crippen molar-refractivity contribution in [2.24, 2.45) is 0 Å². The number of para-hydroxylation sites is 1. The number of hydrogen-bond acceptors (Lipinski definition) is 5. The largest absolute Gasteiger partial charge is 0.478 e. The first-order valence-corrected chi connectivity index (χ1v) is 9.35. The Bertz CT molecular complexity index is 1260. The number of anilines is 1. The van der Waals surface area contributed by atoms with Gasteiger partial charge in [0.2, 0.25) is 0 Å². The molecule has 31 heavy (non-hydrogen) atoms. The number of hydrogen-bond donors (Lipinski definition) is 2. The van der Waals surface area contributed by atoms with Gasteiger partial charge >= 0.3 is 5.97 Å². The van der Waals surface area contributed by atoms with Crippen LogP contribution >= 0.6 is 12.2 Å². The first kappa shape index (κ1) is 20.2. The monoisotopic (exact) mass is 436 g/mol. The molecule has 9 heteroatoms. The van der Waals surface area contributed by atoms with Gasteiger partial charge in [0.1, 0.15) is 22.9 Å². The average Bonchev–Trinajstić information content (AvgIpc) is 3.21. The van der Waals surface area contributed by atoms with E-state index in [-0.39, 0.29) is 27.7 Å². The maximum atomic E-state index is 14.2. The standard InChI is InChI=1S/C22H13FN2O5S/c23-16-3-1-2-4-17(16)25-20(27)15(19(26)24-22(25)31)11-14-9-10-18(30-14)12-5-7-13(8-6-12)21(28)29/h1-11H,(H,28,29)(H,24,26,31)/b15-11-. The number of carboxylic acids is 1. The molecule has 0 aliphatic carbocycles. The SMILES string of the molecule is O=C1NC(=S)N(c2ccccc2F)C(=O)/C1=C\c1ccc(-c2ccc(C(=O)O)cc2)o1. The summed E-state index contributed by atoms with van der Waals surface area (Å²) in [5, 5.41) is 11.1. The zero-order chi connectivity index (χ0) is 22.1. The number of nitrogens with one attached hydrogen (secondary N) is 1. The summed E-state index contributed by atoms with van der Waals surface area (Å²) < 4.78 is 19.9. The van der Waals surface area contributed by atoms with E-state index in [1.807, 2.05) is 0 Å². The molecule has 3 aromatic rings. The molecule has 1 saturated heterocycles. The van der Waals surface area contributed by atoms with E-state index in [9.17, 15) is 18.8 Å². The van der Waals surface area contributed by atoms with Crippen LogP contribution in [-0.4, -0.2) is 28.0 Å². The molecule has 2 heterocycles. The fourth-order valence-corrected chi connectivity index (χ4v) is 3.29. The summed E-state index contributed by atoms with van der Waals surface area (Å²) in [6.07, 6.45) is 1.24. The molecule has 1 aliphatic rings. The molecular weight excluding hydrogens is 423 g/mol. The van der Waals surface area contributed by atoms with Crippen molar-refractivity contribution in [3.8, 4) is 11.3 Å². The van der Waals surface area contributed by atoms with Crippen LogP contribution in [0.4, 0.5) is 10.1 Å². The quantitative estimate of drug-likeness (QED) is 0.368. The van der Waals surface area contributed by atoms with E-state index in [4.69, 9.17) is 21.7 Å². The van der Waals surface area contributed by atoms with Crippen LogP contribution in [0.15, 0.2) is 70.7 Å². The predicted molar refractivity (Wildman–Crippen MR) is 114 cm³/mol. The fraction of sp³-hybridized carbons (Fsp3) is 0. The maximum absolute atomic E-state index is 14.2. The molecule has 0 saturated carbocycles. The lowest BCUT2D eigenvalue weighted by Crippen LogP contribution is -2.54. The summed E-state index contributed by atoms with van der Waals surface area (Å²) in [4.78, 5) is 37.2. The third-order valence-corrected chi connectivity index (χ3v) is 4.81. The Hall–Kier alpha value is -4.11. The van der Waals surface area contributed by atoms with Crippen LogP contribution in [0.2, 0.25) is 0 Å². The van der Waals surface area contributed by atoms with E-state index in [0.717, 1.165) is 4.90 Å². The van der Waals surface area contributed by atoms with Crippen molar-refractivity contribution >= 4 is 46.9 Å². The van der Waals surface area contributed by atoms with Crippen molar-refractivity contribution < 1.29 is 28.3 Å². The van der Waals surface area contributed by atoms with Gasteiger partial charge in [-0.15, -0.1) is 0 Å². The Balaban J connectivity index is 1.65. The van der Waals surface area contributed by atoms with E-state index in [0.29, 0.717) is 11.3 Å². The minimum Gasteiger partial charge on any atom is -0.478 e. The number of aromatic carboxylic acids is 1. The van der Waals surface area contributed by atoms with Crippen molar-refractivity contribution in [2.45, 2.75) is 0 Å². The Morgan fingerprint density at radius 1 is 1.06 bits per heavy atom. The van der Waals surface area contributed by atoms with Crippen molar-refractivity contribution in [1.29, 1.82) is 0 Å². The first-order chi connectivity index (χ1) is 14.8. The zero-order valence-electron chi connectivity index (χ0n) is 15.7. The molecule has 0 bridgehead atoms. The van der Waals surface area contributed by atoms with Gasteiger partial charge < -0.3 is 9.52 Å². The molecule has 1 fully saturated rings. The fourth-order valence-electron chi connectivity index (χ4n) is 3.01. The molecule has 0 radical (unpaired) electrons. The molecule has 2 N–H and O–H groups in total. The van der Waals surface area contributed by atoms with Crippen molar-refractivity contribution in [1.82, 2.24) is 5.32 Å². The van der Waals surface area contributed by atoms with Gasteiger partial charge in [-0.05, 0) is 54.7 Å². The van der Waals surface area contributed by atoms with Gasteiger partial charge in [0, 0.05) is 5.56 Å².